The molecular formula is C122H158ClF19O. The van der Waals surface area contributed by atoms with Crippen molar-refractivity contribution < 1.29 is 88.2 Å². The second kappa shape index (κ2) is 52.0. The second-order valence-corrected chi connectivity index (χ2v) is 47.7. The van der Waals surface area contributed by atoms with Gasteiger partial charge >= 0.3 is 31.1 Å². The highest BCUT2D eigenvalue weighted by molar-refractivity contribution is 6.31. The zero-order chi connectivity index (χ0) is 112. The molecule has 0 spiro atoms. The van der Waals surface area contributed by atoms with Gasteiger partial charge in [0.1, 0.15) is 29.0 Å². The molecule has 11 rings (SSSR count). The van der Waals surface area contributed by atoms with Crippen LogP contribution in [0.5, 0.6) is 5.75 Å². The second-order valence-electron chi connectivity index (χ2n) is 47.3. The van der Waals surface area contributed by atoms with Crippen LogP contribution in [0.15, 0.2) is 231 Å². The summed E-state index contributed by atoms with van der Waals surface area (Å²) in [6.45, 7) is 79.7. The van der Waals surface area contributed by atoms with Gasteiger partial charge in [-0.15, -0.1) is 13.2 Å². The fourth-order valence-corrected chi connectivity index (χ4v) is 13.0. The van der Waals surface area contributed by atoms with Gasteiger partial charge in [0.15, 0.2) is 0 Å². The van der Waals surface area contributed by atoms with E-state index < -0.39 is 75.8 Å². The maximum atomic E-state index is 13.5. The summed E-state index contributed by atoms with van der Waals surface area (Å²) in [6.07, 6.45) is -22.2. The molecule has 0 heterocycles. The van der Waals surface area contributed by atoms with E-state index in [2.05, 4.69) is 220 Å². The summed E-state index contributed by atoms with van der Waals surface area (Å²) in [5.74, 6) is -2.15. The van der Waals surface area contributed by atoms with Crippen molar-refractivity contribution in [3.05, 3.63) is 381 Å². The molecule has 0 unspecified atom stereocenters. The fourth-order valence-electron chi connectivity index (χ4n) is 12.8. The van der Waals surface area contributed by atoms with E-state index in [0.29, 0.717) is 16.7 Å². The maximum Gasteiger partial charge on any atom is 0.573 e. The lowest BCUT2D eigenvalue weighted by molar-refractivity contribution is -0.274. The third kappa shape index (κ3) is 48.8. The smallest absolute Gasteiger partial charge is 0.406 e. The fraction of sp³-hybridized carbons (Fsp3) is 0.459. The predicted octanol–water partition coefficient (Wildman–Crippen LogP) is 41.2. The average Bonchev–Trinajstić information content (AvgIpc) is 0.800. The molecule has 0 aromatic heterocycles. The predicted molar refractivity (Wildman–Crippen MR) is 561 cm³/mol. The first-order chi connectivity index (χ1) is 64.0. The minimum absolute atomic E-state index is 0.0362. The standard InChI is InChI=1S/C12H15F3.C11H15Cl.2C11H12F4.C11H13F3O.C11H13F3.2C11H15F.3C11H16/c1-8-5-6-9(11(2,3)4)7-10(8)12(13,14)15;1-8-5-6-9(7-10(8)12)11(2,3)4;1-10(2,3)8-6-7(11(13,14)15)4-5-9(8)12;1-10(2,3)7-5-4-6-8(9(7)12)11(13,14)15;1-10(2,3)8-5-4-6-9(7-8)15-11(12,13)14;1-10(2,3)8-5-4-6-9(7-8)11(12,13)14;1-8-5-6-9(7-10(8)12)11(2,3)4;1-8-5-6-9(10(12)7-8)11(2,3)4;3*1-9-5-7-10(8-6-9)11(2,3)4/h5-7H,1-4H3;5-7H,1-4H3;2*4-6H,1-3H3;4-7H,1-3H3;4-7H,1-3H3;2*5-7H,1-4H3;3*5-8H,1-4H3. The Labute approximate surface area is 849 Å². The summed E-state index contributed by atoms with van der Waals surface area (Å²) in [6, 6.07) is 65.2. The van der Waals surface area contributed by atoms with Crippen LogP contribution in [-0.2, 0) is 84.3 Å². The molecule has 11 aromatic carbocycles. The quantitative estimate of drug-likeness (QED) is 0.149. The topological polar surface area (TPSA) is 9.23 Å². The minimum Gasteiger partial charge on any atom is -0.406 e. The molecule has 0 saturated carbocycles. The summed E-state index contributed by atoms with van der Waals surface area (Å²) in [4.78, 5) is 0. The molecule has 0 saturated heterocycles. The maximum absolute atomic E-state index is 13.5. The van der Waals surface area contributed by atoms with Crippen molar-refractivity contribution in [2.24, 2.45) is 0 Å². The first kappa shape index (κ1) is 131. The van der Waals surface area contributed by atoms with Gasteiger partial charge < -0.3 is 4.74 Å². The van der Waals surface area contributed by atoms with E-state index in [0.717, 1.165) is 63.2 Å². The van der Waals surface area contributed by atoms with Gasteiger partial charge in [0.25, 0.3) is 0 Å². The highest BCUT2D eigenvalue weighted by Gasteiger charge is 2.39. The van der Waals surface area contributed by atoms with Crippen LogP contribution in [0.1, 0.15) is 351 Å². The highest BCUT2D eigenvalue weighted by Crippen LogP contribution is 2.41. The zero-order valence-corrected chi connectivity index (χ0v) is 92.7. The molecule has 0 amide bonds. The van der Waals surface area contributed by atoms with Crippen molar-refractivity contribution in [3.8, 4) is 5.75 Å². The number of rotatable bonds is 1. The van der Waals surface area contributed by atoms with Crippen LogP contribution in [0.2, 0.25) is 5.02 Å². The van der Waals surface area contributed by atoms with E-state index in [1.807, 2.05) is 121 Å². The summed E-state index contributed by atoms with van der Waals surface area (Å²) in [5, 5.41) is 0.863. The Morgan fingerprint density at radius 1 is 0.189 bits per heavy atom. The number of aryl methyl sites for hydroxylation is 7. The van der Waals surface area contributed by atoms with Gasteiger partial charge in [-0.2, -0.15) is 52.7 Å². The summed E-state index contributed by atoms with van der Waals surface area (Å²) in [5.41, 5.74) is 12.7. The van der Waals surface area contributed by atoms with Crippen LogP contribution < -0.4 is 4.74 Å². The number of ether oxygens (including phenoxy) is 1. The summed E-state index contributed by atoms with van der Waals surface area (Å²) >= 11 is 6.02. The van der Waals surface area contributed by atoms with Crippen LogP contribution in [-0.4, -0.2) is 6.36 Å². The molecule has 792 valence electrons. The Hall–Kier alpha value is -9.82. The molecule has 0 atom stereocenters. The molecule has 0 radical (unpaired) electrons. The molecule has 0 aliphatic heterocycles. The van der Waals surface area contributed by atoms with Crippen molar-refractivity contribution >= 4 is 11.6 Å². The van der Waals surface area contributed by atoms with Gasteiger partial charge in [-0.3, -0.25) is 0 Å². The van der Waals surface area contributed by atoms with Crippen LogP contribution in [0.3, 0.4) is 0 Å². The molecule has 0 aliphatic carbocycles. The minimum atomic E-state index is -4.63. The Morgan fingerprint density at radius 2 is 0.469 bits per heavy atom. The monoisotopic (exact) mass is 2040 g/mol. The molecule has 0 aliphatic rings. The van der Waals surface area contributed by atoms with Gasteiger partial charge in [-0.25, -0.2) is 17.6 Å². The molecule has 1 nitrogen and oxygen atoms in total. The van der Waals surface area contributed by atoms with E-state index in [1.54, 1.807) is 84.9 Å². The van der Waals surface area contributed by atoms with E-state index >= 15 is 0 Å². The van der Waals surface area contributed by atoms with E-state index in [9.17, 15) is 83.4 Å². The third-order valence-electron chi connectivity index (χ3n) is 22.4. The van der Waals surface area contributed by atoms with E-state index in [-0.39, 0.29) is 82.8 Å². The van der Waals surface area contributed by atoms with Gasteiger partial charge in [-0.1, -0.05) is 421 Å². The van der Waals surface area contributed by atoms with E-state index in [4.69, 9.17) is 11.6 Å². The van der Waals surface area contributed by atoms with Crippen molar-refractivity contribution in [3.63, 3.8) is 0 Å². The van der Waals surface area contributed by atoms with Crippen LogP contribution >= 0.6 is 11.6 Å². The Bertz CT molecular complexity index is 5350. The Kier molecular flexibility index (Phi) is 47.7. The van der Waals surface area contributed by atoms with Crippen molar-refractivity contribution in [1.82, 2.24) is 0 Å². The third-order valence-corrected chi connectivity index (χ3v) is 22.8. The van der Waals surface area contributed by atoms with E-state index in [1.165, 1.54) is 94.4 Å². The molecule has 0 bridgehead atoms. The zero-order valence-electron chi connectivity index (χ0n) is 91.9. The molecular weight excluding hydrogens is 1880 g/mol. The van der Waals surface area contributed by atoms with Crippen molar-refractivity contribution in [1.29, 1.82) is 0 Å². The van der Waals surface area contributed by atoms with Gasteiger partial charge in [-0.05, 0) is 258 Å². The number of halogens is 20. The SMILES string of the molecule is CC(C)(C)c1cc(C(F)(F)F)ccc1F.CC(C)(C)c1cccc(C(F)(F)F)c1.CC(C)(C)c1cccc(C(F)(F)F)c1F.CC(C)(C)c1cccc(OC(F)(F)F)c1.Cc1ccc(C(C)(C)C)c(F)c1.Cc1ccc(C(C)(C)C)cc1.Cc1ccc(C(C)(C)C)cc1.Cc1ccc(C(C)(C)C)cc1.Cc1ccc(C(C)(C)C)cc1C(F)(F)F.Cc1ccc(C(C)(C)C)cc1Cl.Cc1ccc(C(C)(C)C)cc1F. The van der Waals surface area contributed by atoms with Gasteiger partial charge in [0.2, 0.25) is 0 Å². The first-order valence-electron chi connectivity index (χ1n) is 47.5. The number of benzene rings is 11. The summed E-state index contributed by atoms with van der Waals surface area (Å²) in [7, 11) is 0. The van der Waals surface area contributed by atoms with Gasteiger partial charge in [0.05, 0.1) is 22.3 Å². The van der Waals surface area contributed by atoms with Crippen LogP contribution in [0, 0.1) is 71.7 Å². The lowest BCUT2D eigenvalue weighted by Gasteiger charge is -2.21. The largest absolute Gasteiger partial charge is 0.573 e. The number of hydrogen-bond donors (Lipinski definition) is 0. The Morgan fingerprint density at radius 3 is 0.797 bits per heavy atom. The average molecular weight is 2040 g/mol. The number of hydrogen-bond acceptors (Lipinski definition) is 1. The molecule has 0 fully saturated rings. The van der Waals surface area contributed by atoms with Crippen molar-refractivity contribution in [2.45, 2.75) is 368 Å². The lowest BCUT2D eigenvalue weighted by Crippen LogP contribution is -2.18. The normalized spacial score (nSPS) is 12.3. The first-order valence-corrected chi connectivity index (χ1v) is 47.9. The molecule has 0 N–H and O–H groups in total. The Balaban J connectivity index is 0.000000788. The molecule has 21 heteroatoms. The molecule has 143 heavy (non-hydrogen) atoms. The summed E-state index contributed by atoms with van der Waals surface area (Å²) < 4.78 is 242. The van der Waals surface area contributed by atoms with Crippen LogP contribution in [0.4, 0.5) is 83.4 Å². The number of alkyl halides is 15. The van der Waals surface area contributed by atoms with Gasteiger partial charge in [0, 0.05) is 5.02 Å². The lowest BCUT2D eigenvalue weighted by atomic mass is 9.85. The van der Waals surface area contributed by atoms with Crippen molar-refractivity contribution in [2.75, 3.05) is 0 Å². The molecule has 11 aromatic rings. The van der Waals surface area contributed by atoms with Crippen LogP contribution in [0.25, 0.3) is 0 Å². The highest BCUT2D eigenvalue weighted by atomic mass is 35.5.